The Hall–Kier alpha value is -3.24. The molecule has 0 fully saturated rings. The van der Waals surface area contributed by atoms with Crippen molar-refractivity contribution >= 4 is 23.6 Å². The molecule has 4 heteroatoms. The van der Waals surface area contributed by atoms with Gasteiger partial charge in [-0.1, -0.05) is 41.5 Å². The summed E-state index contributed by atoms with van der Waals surface area (Å²) in [6.07, 6.45) is 14.8. The fraction of sp³-hybridized carbons (Fsp3) is 0.444. The van der Waals surface area contributed by atoms with Crippen LogP contribution in [-0.2, 0) is 0 Å². The fourth-order valence-corrected chi connectivity index (χ4v) is 7.48. The molecule has 0 atom stereocenters. The van der Waals surface area contributed by atoms with Gasteiger partial charge in [0.05, 0.1) is 35.9 Å². The van der Waals surface area contributed by atoms with Gasteiger partial charge < -0.3 is 4.98 Å². The second-order valence-electron chi connectivity index (χ2n) is 11.0. The Labute approximate surface area is 241 Å². The Bertz CT molecular complexity index is 1600. The van der Waals surface area contributed by atoms with E-state index in [2.05, 4.69) is 96.8 Å². The van der Waals surface area contributed by atoms with Gasteiger partial charge in [-0.15, -0.1) is 0 Å². The molecule has 5 rings (SSSR count). The summed E-state index contributed by atoms with van der Waals surface area (Å²) in [4.78, 5) is 14.4. The first-order valence-corrected chi connectivity index (χ1v) is 15.7. The average molecular weight is 536 g/mol. The lowest BCUT2D eigenvalue weighted by atomic mass is 9.90. The third-order valence-corrected chi connectivity index (χ3v) is 9.36. The number of aliphatic imine (C=N–C) groups is 2. The quantitative estimate of drug-likeness (QED) is 0.332. The lowest BCUT2D eigenvalue weighted by Crippen LogP contribution is -2.44. The van der Waals surface area contributed by atoms with Crippen LogP contribution in [0.5, 0.6) is 0 Å². The van der Waals surface area contributed by atoms with Crippen molar-refractivity contribution in [3.8, 4) is 0 Å². The van der Waals surface area contributed by atoms with E-state index >= 15 is 0 Å². The number of likely N-dealkylation sites (N-methyl/N-ethyl adjacent to an activating group) is 1. The number of fused-ring (bicyclic) bond motifs is 6. The third kappa shape index (κ3) is 4.23. The SMILES string of the molecule is CCC1=C2C=CC(=N2)C=c2ccc([nH]2)=CC2=C(CC)C(CC)=C(C(CC)=C3N=C1C(CC)=C3CC)[N+]2(CC)CC. The number of H-pyrrole nitrogens is 1. The summed E-state index contributed by atoms with van der Waals surface area (Å²) in [5.41, 5.74) is 16.0. The van der Waals surface area contributed by atoms with Gasteiger partial charge in [0.15, 0.2) is 0 Å². The van der Waals surface area contributed by atoms with Crippen LogP contribution in [0.1, 0.15) is 93.9 Å². The van der Waals surface area contributed by atoms with E-state index in [1.54, 1.807) is 0 Å². The van der Waals surface area contributed by atoms with Crippen molar-refractivity contribution in [3.63, 3.8) is 0 Å². The number of aromatic amines is 1. The van der Waals surface area contributed by atoms with Gasteiger partial charge >= 0.3 is 0 Å². The summed E-state index contributed by atoms with van der Waals surface area (Å²) < 4.78 is 0.885. The van der Waals surface area contributed by atoms with Crippen LogP contribution >= 0.6 is 0 Å². The molecule has 8 bridgehead atoms. The number of hydrogen-bond acceptors (Lipinski definition) is 2. The van der Waals surface area contributed by atoms with Gasteiger partial charge in [-0.05, 0) is 93.9 Å². The third-order valence-electron chi connectivity index (χ3n) is 9.36. The lowest BCUT2D eigenvalue weighted by molar-refractivity contribution is -0.842. The van der Waals surface area contributed by atoms with Crippen molar-refractivity contribution < 1.29 is 4.48 Å². The molecule has 1 aromatic rings. The first-order chi connectivity index (χ1) is 19.4. The molecule has 40 heavy (non-hydrogen) atoms. The molecular weight excluding hydrogens is 488 g/mol. The van der Waals surface area contributed by atoms with E-state index in [1.165, 1.54) is 56.2 Å². The monoisotopic (exact) mass is 535 g/mol. The van der Waals surface area contributed by atoms with Crippen molar-refractivity contribution in [2.45, 2.75) is 93.9 Å². The Morgan fingerprint density at radius 2 is 1.20 bits per heavy atom. The highest BCUT2D eigenvalue weighted by atomic mass is 15.4. The van der Waals surface area contributed by atoms with E-state index in [1.807, 2.05) is 0 Å². The largest absolute Gasteiger partial charge is 0.355 e. The molecule has 0 saturated carbocycles. The van der Waals surface area contributed by atoms with Crippen LogP contribution < -0.4 is 10.7 Å². The number of allylic oxidation sites excluding steroid dienone is 9. The Balaban J connectivity index is 1.98. The first-order valence-electron chi connectivity index (χ1n) is 15.7. The molecule has 0 aliphatic carbocycles. The molecular formula is C36H47N4+. The zero-order chi connectivity index (χ0) is 28.6. The maximum atomic E-state index is 5.60. The topological polar surface area (TPSA) is 40.5 Å². The molecule has 0 saturated heterocycles. The van der Waals surface area contributed by atoms with Gasteiger partial charge in [-0.3, -0.25) is 4.48 Å². The van der Waals surface area contributed by atoms with Gasteiger partial charge in [0.1, 0.15) is 11.4 Å². The van der Waals surface area contributed by atoms with E-state index < -0.39 is 0 Å². The number of rotatable bonds is 8. The zero-order valence-corrected chi connectivity index (χ0v) is 26.0. The highest BCUT2D eigenvalue weighted by Gasteiger charge is 2.46. The van der Waals surface area contributed by atoms with Crippen LogP contribution in [0.15, 0.2) is 90.5 Å². The van der Waals surface area contributed by atoms with Gasteiger partial charge in [-0.25, -0.2) is 9.98 Å². The molecule has 0 unspecified atom stereocenters. The maximum absolute atomic E-state index is 5.60. The predicted molar refractivity (Wildman–Crippen MR) is 171 cm³/mol. The van der Waals surface area contributed by atoms with Crippen LogP contribution in [0.4, 0.5) is 0 Å². The minimum Gasteiger partial charge on any atom is -0.355 e. The van der Waals surface area contributed by atoms with E-state index in [0.717, 1.165) is 78.2 Å². The zero-order valence-electron chi connectivity index (χ0n) is 26.0. The minimum atomic E-state index is 0.885. The molecule has 4 aliphatic heterocycles. The number of quaternary nitrogens is 1. The smallest absolute Gasteiger partial charge is 0.147 e. The van der Waals surface area contributed by atoms with Gasteiger partial charge in [-0.2, -0.15) is 0 Å². The molecule has 5 heterocycles. The molecule has 0 radical (unpaired) electrons. The molecule has 0 aromatic carbocycles. The molecule has 210 valence electrons. The van der Waals surface area contributed by atoms with E-state index in [0.29, 0.717) is 0 Å². The molecule has 4 nitrogen and oxygen atoms in total. The Kier molecular flexibility index (Phi) is 8.01. The van der Waals surface area contributed by atoms with Crippen molar-refractivity contribution in [1.82, 2.24) is 4.98 Å². The molecule has 0 spiro atoms. The van der Waals surface area contributed by atoms with Crippen molar-refractivity contribution in [3.05, 3.63) is 91.2 Å². The summed E-state index contributed by atoms with van der Waals surface area (Å²) in [6.45, 7) is 20.6. The molecule has 1 N–H and O–H groups in total. The number of nitrogens with zero attached hydrogens (tertiary/aromatic N) is 3. The summed E-state index contributed by atoms with van der Waals surface area (Å²) in [7, 11) is 0. The average Bonchev–Trinajstić information content (AvgIpc) is 3.75. The van der Waals surface area contributed by atoms with Crippen LogP contribution in [0.2, 0.25) is 0 Å². The van der Waals surface area contributed by atoms with Gasteiger partial charge in [0, 0.05) is 39.1 Å². The Morgan fingerprint density at radius 1 is 0.600 bits per heavy atom. The highest BCUT2D eigenvalue weighted by Crippen LogP contribution is 2.50. The Morgan fingerprint density at radius 3 is 1.77 bits per heavy atom. The van der Waals surface area contributed by atoms with Gasteiger partial charge in [0.25, 0.3) is 0 Å². The predicted octanol–water partition coefficient (Wildman–Crippen LogP) is 7.70. The van der Waals surface area contributed by atoms with E-state index in [4.69, 9.17) is 9.98 Å². The van der Waals surface area contributed by atoms with Crippen LogP contribution in [0.25, 0.3) is 12.2 Å². The second kappa shape index (κ2) is 11.3. The highest BCUT2D eigenvalue weighted by molar-refractivity contribution is 6.21. The number of aromatic nitrogens is 1. The first kappa shape index (κ1) is 28.3. The molecule has 1 aromatic heterocycles. The van der Waals surface area contributed by atoms with E-state index in [9.17, 15) is 0 Å². The number of hydrogen-bond donors (Lipinski definition) is 1. The normalized spacial score (nSPS) is 20.1. The minimum absolute atomic E-state index is 0.885. The summed E-state index contributed by atoms with van der Waals surface area (Å²) in [5.74, 6) is 0. The van der Waals surface area contributed by atoms with Crippen molar-refractivity contribution in [2.75, 3.05) is 13.1 Å². The standard InChI is InChI=1S/C36H47N4/c1-9-26-29(12-4)36-31(14-6)35-28(11-3)27(10-2)34(39-35)30(13-5)32-20-19-24(38-32)21-23-17-18-25(37-23)22-33(26)40(36,15-7)16-8/h17-22,37H,9-16H2,1-8H3/q+1. The summed E-state index contributed by atoms with van der Waals surface area (Å²) >= 11 is 0. The van der Waals surface area contributed by atoms with Crippen LogP contribution in [0, 0.1) is 0 Å². The van der Waals surface area contributed by atoms with Crippen molar-refractivity contribution in [1.29, 1.82) is 0 Å². The maximum Gasteiger partial charge on any atom is 0.147 e. The molecule has 4 aliphatic rings. The van der Waals surface area contributed by atoms with Gasteiger partial charge in [0.2, 0.25) is 0 Å². The summed E-state index contributed by atoms with van der Waals surface area (Å²) in [6, 6.07) is 4.40. The summed E-state index contributed by atoms with van der Waals surface area (Å²) in [5, 5.41) is 2.24. The van der Waals surface area contributed by atoms with Crippen LogP contribution in [0.3, 0.4) is 0 Å². The number of nitrogens with one attached hydrogen (secondary N) is 1. The molecule has 0 amide bonds. The lowest BCUT2D eigenvalue weighted by Gasteiger charge is -2.37. The fourth-order valence-electron chi connectivity index (χ4n) is 7.48. The van der Waals surface area contributed by atoms with E-state index in [-0.39, 0.29) is 0 Å². The van der Waals surface area contributed by atoms with Crippen molar-refractivity contribution in [2.24, 2.45) is 9.98 Å². The van der Waals surface area contributed by atoms with Crippen LogP contribution in [-0.4, -0.2) is 34.0 Å². The second-order valence-corrected chi connectivity index (χ2v) is 11.0.